The highest BCUT2D eigenvalue weighted by Gasteiger charge is 2.55. The molecule has 0 saturated carbocycles. The van der Waals surface area contributed by atoms with Crippen molar-refractivity contribution in [3.05, 3.63) is 11.8 Å². The molecule has 0 saturated heterocycles. The lowest BCUT2D eigenvalue weighted by molar-refractivity contribution is -0.202. The molecule has 0 aromatic heterocycles. The van der Waals surface area contributed by atoms with E-state index in [2.05, 4.69) is 10.1 Å². The van der Waals surface area contributed by atoms with Crippen molar-refractivity contribution >= 4 is 23.8 Å². The van der Waals surface area contributed by atoms with E-state index in [-0.39, 0.29) is 5.76 Å². The number of carbonyl (C=O) groups is 4. The van der Waals surface area contributed by atoms with Crippen LogP contribution in [0.1, 0.15) is 20.8 Å². The molecule has 0 aromatic carbocycles. The smallest absolute Gasteiger partial charge is 0.373 e. The normalized spacial score (nSPS) is 25.6. The van der Waals surface area contributed by atoms with Gasteiger partial charge in [-0.25, -0.2) is 4.79 Å². The van der Waals surface area contributed by atoms with Crippen LogP contribution in [0, 0.1) is 0 Å². The fourth-order valence-corrected chi connectivity index (χ4v) is 2.96. The molecule has 164 valence electrons. The summed E-state index contributed by atoms with van der Waals surface area (Å²) in [4.78, 5) is 46.5. The van der Waals surface area contributed by atoms with E-state index in [1.54, 1.807) is 0 Å². The van der Waals surface area contributed by atoms with Gasteiger partial charge in [0.1, 0.15) is 12.6 Å². The summed E-state index contributed by atoms with van der Waals surface area (Å²) in [6, 6.07) is -2.09. The Morgan fingerprint density at radius 2 is 1.83 bits per heavy atom. The van der Waals surface area contributed by atoms with Gasteiger partial charge >= 0.3 is 17.9 Å². The first-order valence-electron chi connectivity index (χ1n) is 8.60. The van der Waals surface area contributed by atoms with E-state index in [1.165, 1.54) is 20.1 Å². The van der Waals surface area contributed by atoms with Crippen molar-refractivity contribution in [3.8, 4) is 0 Å². The van der Waals surface area contributed by atoms with Crippen LogP contribution < -0.4 is 16.8 Å². The number of carbonyl (C=O) groups excluding carboxylic acids is 4. The fourth-order valence-electron chi connectivity index (χ4n) is 2.96. The van der Waals surface area contributed by atoms with E-state index in [1.807, 2.05) is 0 Å². The lowest BCUT2D eigenvalue weighted by atomic mass is 9.86. The summed E-state index contributed by atoms with van der Waals surface area (Å²) < 4.78 is 25.8. The summed E-state index contributed by atoms with van der Waals surface area (Å²) in [6.45, 7) is 3.11. The van der Waals surface area contributed by atoms with E-state index < -0.39 is 60.4 Å². The molecule has 0 fully saturated rings. The molecule has 0 aromatic rings. The maximum atomic E-state index is 12.0. The lowest BCUT2D eigenvalue weighted by Crippen LogP contribution is -2.75. The van der Waals surface area contributed by atoms with Gasteiger partial charge in [0.05, 0.1) is 13.2 Å². The van der Waals surface area contributed by atoms with Gasteiger partial charge < -0.3 is 34.7 Å². The Bertz CT molecular complexity index is 681. The molecule has 0 spiro atoms. The maximum absolute atomic E-state index is 12.0. The van der Waals surface area contributed by atoms with Gasteiger partial charge in [0.15, 0.2) is 12.2 Å². The zero-order valence-corrected chi connectivity index (χ0v) is 16.9. The number of hydrogen-bond donors (Lipinski definition) is 3. The summed E-state index contributed by atoms with van der Waals surface area (Å²) in [7, 11) is 2.37. The number of amides is 1. The predicted molar refractivity (Wildman–Crippen MR) is 96.7 cm³/mol. The Kier molecular flexibility index (Phi) is 8.55. The van der Waals surface area contributed by atoms with Gasteiger partial charge in [-0.15, -0.1) is 0 Å². The van der Waals surface area contributed by atoms with E-state index in [4.69, 9.17) is 30.4 Å². The number of rotatable bonds is 8. The predicted octanol–water partition coefficient (Wildman–Crippen LogP) is -1.93. The molecule has 5 N–H and O–H groups in total. The molecule has 0 radical (unpaired) electrons. The highest BCUT2D eigenvalue weighted by atomic mass is 16.6. The second-order valence-electron chi connectivity index (χ2n) is 6.34. The standard InChI is InChI=1S/C17H27N3O9/c1-8(21)20-14-11(18)6-12(16(24)26-5)29-17(14,19)15(25-4)13(28-10(3)23)7-27-9(2)22/h6,11,13-15H,7,18-19H2,1-5H3,(H,20,21)/t11-,13+,14+,15+,17+/m0/s1. The molecular weight excluding hydrogens is 390 g/mol. The summed E-state index contributed by atoms with van der Waals surface area (Å²) in [5, 5.41) is 2.55. The maximum Gasteiger partial charge on any atom is 0.373 e. The second kappa shape index (κ2) is 10.2. The molecule has 12 heteroatoms. The molecule has 0 aliphatic carbocycles. The lowest BCUT2D eigenvalue weighted by Gasteiger charge is -2.47. The molecule has 0 bridgehead atoms. The zero-order valence-electron chi connectivity index (χ0n) is 16.9. The fraction of sp³-hybridized carbons (Fsp3) is 0.647. The molecule has 1 rings (SSSR count). The average molecular weight is 417 g/mol. The minimum atomic E-state index is -2.00. The number of methoxy groups -OCH3 is 2. The largest absolute Gasteiger partial charge is 0.463 e. The van der Waals surface area contributed by atoms with Crippen LogP contribution in [0.2, 0.25) is 0 Å². The van der Waals surface area contributed by atoms with Gasteiger partial charge in [-0.2, -0.15) is 0 Å². The van der Waals surface area contributed by atoms with Gasteiger partial charge in [-0.3, -0.25) is 20.1 Å². The highest BCUT2D eigenvalue weighted by molar-refractivity contribution is 5.86. The van der Waals surface area contributed by atoms with E-state index in [9.17, 15) is 19.2 Å². The van der Waals surface area contributed by atoms with Gasteiger partial charge in [0.2, 0.25) is 17.4 Å². The Hall–Kier alpha value is -2.70. The third-order valence-electron chi connectivity index (χ3n) is 4.05. The number of nitrogens with two attached hydrogens (primary N) is 2. The number of nitrogens with one attached hydrogen (secondary N) is 1. The van der Waals surface area contributed by atoms with Crippen LogP contribution in [0.5, 0.6) is 0 Å². The van der Waals surface area contributed by atoms with Crippen molar-refractivity contribution in [1.29, 1.82) is 0 Å². The quantitative estimate of drug-likeness (QED) is 0.296. The summed E-state index contributed by atoms with van der Waals surface area (Å²) in [5.74, 6) is -3.03. The van der Waals surface area contributed by atoms with Gasteiger partial charge in [0.25, 0.3) is 0 Å². The van der Waals surface area contributed by atoms with E-state index in [0.717, 1.165) is 21.0 Å². The van der Waals surface area contributed by atoms with Crippen molar-refractivity contribution in [2.45, 2.75) is 50.8 Å². The topological polar surface area (TPSA) is 178 Å². The average Bonchev–Trinajstić information content (AvgIpc) is 2.61. The molecule has 29 heavy (non-hydrogen) atoms. The Morgan fingerprint density at radius 3 is 2.28 bits per heavy atom. The third kappa shape index (κ3) is 6.14. The number of esters is 3. The van der Waals surface area contributed by atoms with Gasteiger partial charge in [0, 0.05) is 27.9 Å². The van der Waals surface area contributed by atoms with Crippen LogP contribution in [-0.2, 0) is 42.9 Å². The third-order valence-corrected chi connectivity index (χ3v) is 4.05. The van der Waals surface area contributed by atoms with Gasteiger partial charge in [-0.05, 0) is 6.08 Å². The van der Waals surface area contributed by atoms with Crippen LogP contribution in [0.25, 0.3) is 0 Å². The molecule has 5 atom stereocenters. The summed E-state index contributed by atoms with van der Waals surface area (Å²) in [6.07, 6.45) is -1.33. The minimum Gasteiger partial charge on any atom is -0.463 e. The van der Waals surface area contributed by atoms with Crippen molar-refractivity contribution in [2.75, 3.05) is 20.8 Å². The summed E-state index contributed by atoms with van der Waals surface area (Å²) in [5.41, 5.74) is 10.5. The molecule has 1 aliphatic heterocycles. The first-order valence-corrected chi connectivity index (χ1v) is 8.60. The van der Waals surface area contributed by atoms with E-state index in [0.29, 0.717) is 0 Å². The van der Waals surface area contributed by atoms with Crippen LogP contribution in [-0.4, -0.2) is 74.7 Å². The Balaban J connectivity index is 3.43. The molecular formula is C17H27N3O9. The van der Waals surface area contributed by atoms with Crippen LogP contribution in [0.3, 0.4) is 0 Å². The molecule has 12 nitrogen and oxygen atoms in total. The van der Waals surface area contributed by atoms with Crippen LogP contribution in [0.15, 0.2) is 11.8 Å². The van der Waals surface area contributed by atoms with Crippen LogP contribution in [0.4, 0.5) is 0 Å². The Morgan fingerprint density at radius 1 is 1.21 bits per heavy atom. The first-order chi connectivity index (χ1) is 13.5. The number of ether oxygens (including phenoxy) is 5. The summed E-state index contributed by atoms with van der Waals surface area (Å²) >= 11 is 0. The van der Waals surface area contributed by atoms with Crippen molar-refractivity contribution in [2.24, 2.45) is 11.5 Å². The molecule has 1 heterocycles. The Labute approximate surface area is 167 Å². The molecule has 0 unspecified atom stereocenters. The monoisotopic (exact) mass is 417 g/mol. The second-order valence-corrected chi connectivity index (χ2v) is 6.34. The van der Waals surface area contributed by atoms with Gasteiger partial charge in [-0.1, -0.05) is 0 Å². The minimum absolute atomic E-state index is 0.319. The SMILES string of the molecule is COC(=O)C1=C[C@H](N)[C@@H](NC(C)=O)[C@](N)([C@H](OC)[C@@H](COC(C)=O)OC(C)=O)O1. The zero-order chi connectivity index (χ0) is 22.4. The van der Waals surface area contributed by atoms with Crippen LogP contribution >= 0.6 is 0 Å². The number of hydrogen-bond acceptors (Lipinski definition) is 11. The van der Waals surface area contributed by atoms with Crippen molar-refractivity contribution in [1.82, 2.24) is 5.32 Å². The highest BCUT2D eigenvalue weighted by Crippen LogP contribution is 2.31. The molecule has 1 aliphatic rings. The van der Waals surface area contributed by atoms with Crippen molar-refractivity contribution in [3.63, 3.8) is 0 Å². The van der Waals surface area contributed by atoms with E-state index >= 15 is 0 Å². The van der Waals surface area contributed by atoms with Crippen molar-refractivity contribution < 1.29 is 42.9 Å². The molecule has 1 amide bonds. The first kappa shape index (κ1) is 24.3.